The largest absolute Gasteiger partial charge is 0.435 e. The lowest BCUT2D eigenvalue weighted by Gasteiger charge is -2.13. The highest BCUT2D eigenvalue weighted by Gasteiger charge is 2.34. The van der Waals surface area contributed by atoms with E-state index in [0.29, 0.717) is 17.8 Å². The van der Waals surface area contributed by atoms with Gasteiger partial charge in [-0.25, -0.2) is 0 Å². The molecule has 1 N–H and O–H groups in total. The number of imide groups is 1. The van der Waals surface area contributed by atoms with Crippen LogP contribution in [0.5, 0.6) is 5.75 Å². The minimum Gasteiger partial charge on any atom is -0.435 e. The molecule has 0 aliphatic carbocycles. The predicted octanol–water partition coefficient (Wildman–Crippen LogP) is 4.09. The molecule has 0 saturated carbocycles. The number of ether oxygens (including phenoxy) is 1. The SMILES string of the molecule is CCn1nc(C(C)C)cc1C(=O)NCCN1C(=O)S/C(=C\c2ccc(OC(F)F)cc2)C1=O. The standard InChI is InChI=1S/C22H24F2N4O4S/c1-4-28-17(12-16(26-28)13(2)3)19(29)25-9-10-27-20(30)18(33-22(27)31)11-14-5-7-15(8-6-14)32-21(23)24/h5-8,11-13,21H,4,9-10H2,1-3H3,(H,25,29)/b18-11-. The third-order valence-electron chi connectivity index (χ3n) is 4.82. The van der Waals surface area contributed by atoms with Crippen LogP contribution in [0, 0.1) is 0 Å². The van der Waals surface area contributed by atoms with Gasteiger partial charge in [0.2, 0.25) is 0 Å². The monoisotopic (exact) mass is 478 g/mol. The van der Waals surface area contributed by atoms with E-state index in [1.807, 2.05) is 20.8 Å². The van der Waals surface area contributed by atoms with E-state index in [2.05, 4.69) is 15.2 Å². The molecule has 0 radical (unpaired) electrons. The van der Waals surface area contributed by atoms with Gasteiger partial charge in [0, 0.05) is 19.6 Å². The zero-order valence-corrected chi connectivity index (χ0v) is 19.2. The van der Waals surface area contributed by atoms with E-state index in [4.69, 9.17) is 0 Å². The van der Waals surface area contributed by atoms with E-state index in [9.17, 15) is 23.2 Å². The zero-order chi connectivity index (χ0) is 24.1. The second-order valence-electron chi connectivity index (χ2n) is 7.46. The molecule has 0 unspecified atom stereocenters. The van der Waals surface area contributed by atoms with Crippen LogP contribution >= 0.6 is 11.8 Å². The molecule has 8 nitrogen and oxygen atoms in total. The number of carbonyl (C=O) groups is 3. The van der Waals surface area contributed by atoms with Crippen LogP contribution in [0.15, 0.2) is 35.2 Å². The predicted molar refractivity (Wildman–Crippen MR) is 120 cm³/mol. The molecule has 1 saturated heterocycles. The van der Waals surface area contributed by atoms with Crippen LogP contribution in [0.4, 0.5) is 13.6 Å². The van der Waals surface area contributed by atoms with Crippen LogP contribution in [-0.2, 0) is 11.3 Å². The summed E-state index contributed by atoms with van der Waals surface area (Å²) in [5, 5.41) is 6.69. The van der Waals surface area contributed by atoms with Gasteiger partial charge >= 0.3 is 6.61 Å². The molecule has 1 fully saturated rings. The van der Waals surface area contributed by atoms with Gasteiger partial charge in [-0.1, -0.05) is 26.0 Å². The quantitative estimate of drug-likeness (QED) is 0.546. The summed E-state index contributed by atoms with van der Waals surface area (Å²) in [6.07, 6.45) is 1.50. The van der Waals surface area contributed by atoms with E-state index < -0.39 is 17.8 Å². The first-order valence-corrected chi connectivity index (χ1v) is 11.2. The van der Waals surface area contributed by atoms with Crippen LogP contribution in [0.3, 0.4) is 0 Å². The van der Waals surface area contributed by atoms with Crippen molar-refractivity contribution in [1.82, 2.24) is 20.0 Å². The highest BCUT2D eigenvalue weighted by Crippen LogP contribution is 2.32. The molecule has 1 aromatic heterocycles. The molecule has 3 rings (SSSR count). The topological polar surface area (TPSA) is 93.5 Å². The average Bonchev–Trinajstić information content (AvgIpc) is 3.31. The Bertz CT molecular complexity index is 1070. The first kappa shape index (κ1) is 24.4. The summed E-state index contributed by atoms with van der Waals surface area (Å²) >= 11 is 0.780. The van der Waals surface area contributed by atoms with E-state index in [-0.39, 0.29) is 35.6 Å². The number of thioether (sulfide) groups is 1. The fraction of sp³-hybridized carbons (Fsp3) is 0.364. The Hall–Kier alpha value is -3.21. The van der Waals surface area contributed by atoms with Crippen molar-refractivity contribution < 1.29 is 27.9 Å². The average molecular weight is 479 g/mol. The van der Waals surface area contributed by atoms with Gasteiger partial charge in [-0.3, -0.25) is 24.0 Å². The fourth-order valence-electron chi connectivity index (χ4n) is 3.10. The van der Waals surface area contributed by atoms with E-state index in [1.54, 1.807) is 10.7 Å². The molecule has 0 atom stereocenters. The molecule has 11 heteroatoms. The molecule has 1 aliphatic heterocycles. The number of benzene rings is 1. The Kier molecular flexibility index (Phi) is 7.85. The smallest absolute Gasteiger partial charge is 0.387 e. The number of alkyl halides is 2. The number of nitrogens with zero attached hydrogens (tertiary/aromatic N) is 3. The molecule has 1 aliphatic rings. The Balaban J connectivity index is 1.59. The fourth-order valence-corrected chi connectivity index (χ4v) is 3.97. The van der Waals surface area contributed by atoms with E-state index in [0.717, 1.165) is 22.4 Å². The molecule has 1 aromatic carbocycles. The maximum Gasteiger partial charge on any atom is 0.387 e. The molecular formula is C22H24F2N4O4S. The number of rotatable bonds is 9. The van der Waals surface area contributed by atoms with Crippen LogP contribution < -0.4 is 10.1 Å². The highest BCUT2D eigenvalue weighted by molar-refractivity contribution is 8.18. The van der Waals surface area contributed by atoms with Crippen molar-refractivity contribution in [1.29, 1.82) is 0 Å². The Morgan fingerprint density at radius 3 is 2.55 bits per heavy atom. The highest BCUT2D eigenvalue weighted by atomic mass is 32.2. The number of amides is 3. The van der Waals surface area contributed by atoms with Gasteiger partial charge in [0.05, 0.1) is 10.6 Å². The maximum absolute atomic E-state index is 12.6. The van der Waals surface area contributed by atoms with Crippen molar-refractivity contribution in [2.45, 2.75) is 39.8 Å². The van der Waals surface area contributed by atoms with Crippen molar-refractivity contribution in [3.8, 4) is 5.75 Å². The summed E-state index contributed by atoms with van der Waals surface area (Å²) in [5.41, 5.74) is 1.80. The normalized spacial score (nSPS) is 15.2. The number of aryl methyl sites for hydroxylation is 1. The molecule has 2 heterocycles. The molecule has 3 amide bonds. The van der Waals surface area contributed by atoms with Crippen molar-refractivity contribution in [2.75, 3.05) is 13.1 Å². The summed E-state index contributed by atoms with van der Waals surface area (Å²) in [5.74, 6) is -0.631. The summed E-state index contributed by atoms with van der Waals surface area (Å²) in [6, 6.07) is 7.46. The summed E-state index contributed by atoms with van der Waals surface area (Å²) in [6.45, 7) is 3.60. The molecule has 0 spiro atoms. The van der Waals surface area contributed by atoms with Gasteiger partial charge in [-0.05, 0) is 54.4 Å². The van der Waals surface area contributed by atoms with Crippen molar-refractivity contribution >= 4 is 34.9 Å². The van der Waals surface area contributed by atoms with Crippen LogP contribution in [0.25, 0.3) is 6.08 Å². The number of nitrogens with one attached hydrogen (secondary N) is 1. The summed E-state index contributed by atoms with van der Waals surface area (Å²) < 4.78 is 30.4. The number of hydrogen-bond donors (Lipinski definition) is 1. The number of carbonyl (C=O) groups excluding carboxylic acids is 3. The zero-order valence-electron chi connectivity index (χ0n) is 18.4. The Labute approximate surface area is 194 Å². The molecule has 2 aromatic rings. The second-order valence-corrected chi connectivity index (χ2v) is 8.45. The first-order chi connectivity index (χ1) is 15.7. The lowest BCUT2D eigenvalue weighted by atomic mass is 10.1. The second kappa shape index (κ2) is 10.6. The molecule has 33 heavy (non-hydrogen) atoms. The Morgan fingerprint density at radius 2 is 1.94 bits per heavy atom. The first-order valence-electron chi connectivity index (χ1n) is 10.4. The lowest BCUT2D eigenvalue weighted by molar-refractivity contribution is -0.122. The van der Waals surface area contributed by atoms with Gasteiger partial charge in [0.15, 0.2) is 0 Å². The van der Waals surface area contributed by atoms with Crippen molar-refractivity contribution in [3.05, 3.63) is 52.2 Å². The number of halogens is 2. The number of hydrogen-bond acceptors (Lipinski definition) is 6. The van der Waals surface area contributed by atoms with Crippen LogP contribution in [0.2, 0.25) is 0 Å². The summed E-state index contributed by atoms with van der Waals surface area (Å²) in [4.78, 5) is 38.7. The third kappa shape index (κ3) is 5.98. The van der Waals surface area contributed by atoms with Gasteiger partial charge in [0.25, 0.3) is 17.1 Å². The summed E-state index contributed by atoms with van der Waals surface area (Å²) in [7, 11) is 0. The lowest BCUT2D eigenvalue weighted by Crippen LogP contribution is -2.37. The molecular weight excluding hydrogens is 454 g/mol. The van der Waals surface area contributed by atoms with Crippen molar-refractivity contribution in [2.24, 2.45) is 0 Å². The number of aromatic nitrogens is 2. The maximum atomic E-state index is 12.6. The Morgan fingerprint density at radius 1 is 1.24 bits per heavy atom. The molecule has 176 valence electrons. The van der Waals surface area contributed by atoms with E-state index >= 15 is 0 Å². The van der Waals surface area contributed by atoms with Gasteiger partial charge < -0.3 is 10.1 Å². The van der Waals surface area contributed by atoms with Gasteiger partial charge in [-0.2, -0.15) is 13.9 Å². The minimum atomic E-state index is -2.92. The van der Waals surface area contributed by atoms with Gasteiger partial charge in [0.1, 0.15) is 11.4 Å². The molecule has 0 bridgehead atoms. The van der Waals surface area contributed by atoms with Crippen LogP contribution in [0.1, 0.15) is 48.4 Å². The van der Waals surface area contributed by atoms with Gasteiger partial charge in [-0.15, -0.1) is 0 Å². The van der Waals surface area contributed by atoms with E-state index in [1.165, 1.54) is 30.3 Å². The van der Waals surface area contributed by atoms with Crippen LogP contribution in [-0.4, -0.2) is 51.4 Å². The van der Waals surface area contributed by atoms with Crippen molar-refractivity contribution in [3.63, 3.8) is 0 Å². The minimum absolute atomic E-state index is 0.00377. The third-order valence-corrected chi connectivity index (χ3v) is 5.73.